The van der Waals surface area contributed by atoms with Gasteiger partial charge in [-0.2, -0.15) is 4.98 Å². The molecule has 0 unspecified atom stereocenters. The van der Waals surface area contributed by atoms with Crippen LogP contribution in [0.1, 0.15) is 5.56 Å². The van der Waals surface area contributed by atoms with E-state index in [-0.39, 0.29) is 5.56 Å². The maximum absolute atomic E-state index is 13.4. The first-order valence-electron chi connectivity index (χ1n) is 11.9. The van der Waals surface area contributed by atoms with E-state index in [0.717, 1.165) is 37.6 Å². The van der Waals surface area contributed by atoms with E-state index in [1.807, 2.05) is 18.2 Å². The van der Waals surface area contributed by atoms with Gasteiger partial charge in [-0.3, -0.25) is 9.36 Å². The number of nitrogens with zero attached hydrogens (tertiary/aromatic N) is 5. The van der Waals surface area contributed by atoms with Gasteiger partial charge in [-0.15, -0.1) is 6.42 Å². The molecule has 1 N–H and O–H groups in total. The Hall–Kier alpha value is -4.06. The summed E-state index contributed by atoms with van der Waals surface area (Å²) in [5, 5.41) is 4.26. The Bertz CT molecular complexity index is 1580. The summed E-state index contributed by atoms with van der Waals surface area (Å²) in [5.41, 5.74) is 3.29. The van der Waals surface area contributed by atoms with Crippen molar-refractivity contribution in [3.63, 3.8) is 0 Å². The number of halogens is 1. The van der Waals surface area contributed by atoms with Crippen molar-refractivity contribution in [1.29, 1.82) is 0 Å². The Balaban J connectivity index is 1.53. The predicted octanol–water partition coefficient (Wildman–Crippen LogP) is 4.13. The SMILES string of the molecule is C#Cc1c(-c2ccccc2Cl)c(=O)n(C)c2nc(Nc3ccc(N4CCN(C)CC4)cc3OC)ncc12. The topological polar surface area (TPSA) is 75.5 Å². The number of rotatable bonds is 5. The quantitative estimate of drug-likeness (QED) is 0.401. The van der Waals surface area contributed by atoms with Gasteiger partial charge in [0.1, 0.15) is 11.4 Å². The first-order chi connectivity index (χ1) is 17.9. The molecule has 8 nitrogen and oxygen atoms in total. The largest absolute Gasteiger partial charge is 0.494 e. The van der Waals surface area contributed by atoms with E-state index in [4.69, 9.17) is 22.8 Å². The monoisotopic (exact) mass is 514 g/mol. The molecule has 1 saturated heterocycles. The van der Waals surface area contributed by atoms with Gasteiger partial charge in [0.05, 0.1) is 29.3 Å². The van der Waals surface area contributed by atoms with Gasteiger partial charge in [0.25, 0.3) is 5.56 Å². The predicted molar refractivity (Wildman–Crippen MR) is 149 cm³/mol. The fourth-order valence-electron chi connectivity index (χ4n) is 4.60. The van der Waals surface area contributed by atoms with E-state index >= 15 is 0 Å². The molecular weight excluding hydrogens is 488 g/mol. The lowest BCUT2D eigenvalue weighted by molar-refractivity contribution is 0.312. The molecule has 1 aliphatic heterocycles. The van der Waals surface area contributed by atoms with Gasteiger partial charge in [-0.05, 0) is 25.2 Å². The van der Waals surface area contributed by atoms with E-state index < -0.39 is 0 Å². The summed E-state index contributed by atoms with van der Waals surface area (Å²) in [6.07, 6.45) is 7.50. The average molecular weight is 515 g/mol. The maximum atomic E-state index is 13.4. The van der Waals surface area contributed by atoms with Crippen molar-refractivity contribution in [1.82, 2.24) is 19.4 Å². The van der Waals surface area contributed by atoms with Gasteiger partial charge in [0.2, 0.25) is 5.95 Å². The lowest BCUT2D eigenvalue weighted by Crippen LogP contribution is -2.44. The highest BCUT2D eigenvalue weighted by Crippen LogP contribution is 2.33. The highest BCUT2D eigenvalue weighted by molar-refractivity contribution is 6.33. The van der Waals surface area contributed by atoms with Crippen LogP contribution in [-0.2, 0) is 7.05 Å². The zero-order valence-electron chi connectivity index (χ0n) is 21.0. The number of methoxy groups -OCH3 is 1. The molecule has 0 saturated carbocycles. The fraction of sp³-hybridized carbons (Fsp3) is 0.250. The van der Waals surface area contributed by atoms with Crippen LogP contribution in [0.15, 0.2) is 53.5 Å². The van der Waals surface area contributed by atoms with Crippen molar-refractivity contribution in [3.8, 4) is 29.2 Å². The zero-order valence-corrected chi connectivity index (χ0v) is 21.7. The minimum atomic E-state index is -0.285. The Morgan fingerprint density at radius 3 is 2.57 bits per heavy atom. The molecule has 0 spiro atoms. The van der Waals surface area contributed by atoms with Crippen LogP contribution < -0.4 is 20.5 Å². The molecule has 2 aromatic heterocycles. The van der Waals surface area contributed by atoms with Crippen molar-refractivity contribution < 1.29 is 4.74 Å². The van der Waals surface area contributed by atoms with Crippen LogP contribution in [0.3, 0.4) is 0 Å². The number of nitrogens with one attached hydrogen (secondary N) is 1. The van der Waals surface area contributed by atoms with Crippen molar-refractivity contribution in [2.45, 2.75) is 0 Å². The standard InChI is InChI=1S/C28H27ClN6O2/c1-5-19-21-17-30-28(32-26(21)34(3)27(36)25(19)20-8-6-7-9-22(20)29)31-23-11-10-18(16-24(23)37-4)35-14-12-33(2)13-15-35/h1,6-11,16-17H,12-15H2,2-4H3,(H,30,31,32). The van der Waals surface area contributed by atoms with Crippen molar-refractivity contribution >= 4 is 40.0 Å². The van der Waals surface area contributed by atoms with Crippen LogP contribution in [0, 0.1) is 12.3 Å². The lowest BCUT2D eigenvalue weighted by Gasteiger charge is -2.34. The summed E-state index contributed by atoms with van der Waals surface area (Å²) >= 11 is 6.40. The molecule has 37 heavy (non-hydrogen) atoms. The molecular formula is C28H27ClN6O2. The number of piperazine rings is 1. The van der Waals surface area contributed by atoms with E-state index in [9.17, 15) is 4.79 Å². The number of pyridine rings is 1. The number of terminal acetylenes is 1. The van der Waals surface area contributed by atoms with Gasteiger partial charge in [0.15, 0.2) is 0 Å². The number of ether oxygens (including phenoxy) is 1. The van der Waals surface area contributed by atoms with Crippen LogP contribution in [-0.4, -0.2) is 59.8 Å². The van der Waals surface area contributed by atoms with E-state index in [0.29, 0.717) is 44.4 Å². The minimum Gasteiger partial charge on any atom is -0.494 e. The molecule has 0 atom stereocenters. The third-order valence-corrected chi connectivity index (χ3v) is 7.04. The molecule has 1 fully saturated rings. The first kappa shape index (κ1) is 24.6. The van der Waals surface area contributed by atoms with Gasteiger partial charge in [-0.1, -0.05) is 35.7 Å². The normalized spacial score (nSPS) is 14.0. The highest BCUT2D eigenvalue weighted by Gasteiger charge is 2.20. The van der Waals surface area contributed by atoms with Crippen LogP contribution in [0.25, 0.3) is 22.2 Å². The molecule has 188 valence electrons. The first-order valence-corrected chi connectivity index (χ1v) is 12.3. The number of hydrogen-bond acceptors (Lipinski definition) is 7. The summed E-state index contributed by atoms with van der Waals surface area (Å²) < 4.78 is 7.13. The van der Waals surface area contributed by atoms with Crippen molar-refractivity contribution in [2.24, 2.45) is 7.05 Å². The second-order valence-corrected chi connectivity index (χ2v) is 9.38. The Morgan fingerprint density at radius 2 is 1.86 bits per heavy atom. The molecule has 0 radical (unpaired) electrons. The number of hydrogen-bond donors (Lipinski definition) is 1. The van der Waals surface area contributed by atoms with E-state index in [1.165, 1.54) is 4.57 Å². The van der Waals surface area contributed by atoms with E-state index in [1.54, 1.807) is 38.6 Å². The summed E-state index contributed by atoms with van der Waals surface area (Å²) in [6, 6.07) is 13.1. The number of fused-ring (bicyclic) bond motifs is 1. The molecule has 1 aliphatic rings. The number of aromatic nitrogens is 3. The van der Waals surface area contributed by atoms with E-state index in [2.05, 4.69) is 44.1 Å². The molecule has 9 heteroatoms. The highest BCUT2D eigenvalue weighted by atomic mass is 35.5. The van der Waals surface area contributed by atoms with Crippen LogP contribution in [0.4, 0.5) is 17.3 Å². The molecule has 3 heterocycles. The smallest absolute Gasteiger partial charge is 0.261 e. The average Bonchev–Trinajstić information content (AvgIpc) is 2.92. The molecule has 0 bridgehead atoms. The third-order valence-electron chi connectivity index (χ3n) is 6.71. The second kappa shape index (κ2) is 10.1. The molecule has 2 aromatic carbocycles. The Labute approximate surface area is 220 Å². The Kier molecular flexibility index (Phi) is 6.74. The second-order valence-electron chi connectivity index (χ2n) is 8.97. The van der Waals surface area contributed by atoms with Gasteiger partial charge >= 0.3 is 0 Å². The number of aryl methyl sites for hydroxylation is 1. The molecule has 0 aliphatic carbocycles. The number of anilines is 3. The van der Waals surface area contributed by atoms with Gasteiger partial charge in [-0.25, -0.2) is 4.98 Å². The van der Waals surface area contributed by atoms with Crippen LogP contribution in [0.5, 0.6) is 5.75 Å². The van der Waals surface area contributed by atoms with Crippen LogP contribution in [0.2, 0.25) is 5.02 Å². The summed E-state index contributed by atoms with van der Waals surface area (Å²) in [7, 11) is 5.43. The molecule has 0 amide bonds. The maximum Gasteiger partial charge on any atom is 0.261 e. The number of likely N-dealkylation sites (N-methyl/N-ethyl adjacent to an activating group) is 1. The molecule has 4 aromatic rings. The fourth-order valence-corrected chi connectivity index (χ4v) is 4.83. The third kappa shape index (κ3) is 4.59. The minimum absolute atomic E-state index is 0.285. The van der Waals surface area contributed by atoms with Crippen LogP contribution >= 0.6 is 11.6 Å². The Morgan fingerprint density at radius 1 is 1.11 bits per heavy atom. The van der Waals surface area contributed by atoms with Gasteiger partial charge in [0, 0.05) is 61.8 Å². The zero-order chi connectivity index (χ0) is 26.1. The van der Waals surface area contributed by atoms with Crippen molar-refractivity contribution in [3.05, 3.63) is 69.6 Å². The van der Waals surface area contributed by atoms with Crippen molar-refractivity contribution in [2.75, 3.05) is 50.6 Å². The number of benzene rings is 2. The lowest BCUT2D eigenvalue weighted by atomic mass is 9.99. The summed E-state index contributed by atoms with van der Waals surface area (Å²) in [4.78, 5) is 27.2. The summed E-state index contributed by atoms with van der Waals surface area (Å²) in [6.45, 7) is 3.96. The summed E-state index contributed by atoms with van der Waals surface area (Å²) in [5.74, 6) is 3.65. The molecule has 5 rings (SSSR count). The van der Waals surface area contributed by atoms with Gasteiger partial charge < -0.3 is 19.9 Å².